The number of benzene rings is 2. The number of aromatic carboxylic acids is 1. The van der Waals surface area contributed by atoms with E-state index >= 15 is 0 Å². The maximum absolute atomic E-state index is 11.9. The number of aromatic amines is 3. The van der Waals surface area contributed by atoms with Crippen LogP contribution in [0.4, 0.5) is 23.3 Å². The molecule has 4 heterocycles. The number of hydrogen-bond acceptors (Lipinski definition) is 14. The minimum atomic E-state index is -1.60. The molecule has 0 aliphatic heterocycles. The van der Waals surface area contributed by atoms with E-state index in [2.05, 4.69) is 51.0 Å². The molecule has 0 bridgehead atoms. The van der Waals surface area contributed by atoms with Crippen molar-refractivity contribution in [3.8, 4) is 5.88 Å². The van der Waals surface area contributed by atoms with Crippen molar-refractivity contribution in [2.75, 3.05) is 17.2 Å². The van der Waals surface area contributed by atoms with Crippen molar-refractivity contribution < 1.29 is 119 Å². The van der Waals surface area contributed by atoms with Crippen molar-refractivity contribution in [1.29, 1.82) is 0 Å². The molecule has 6 rings (SSSR count). The van der Waals surface area contributed by atoms with Gasteiger partial charge in [0.2, 0.25) is 11.9 Å². The van der Waals surface area contributed by atoms with Crippen LogP contribution in [0.3, 0.4) is 0 Å². The molecule has 6 N–H and O–H groups in total. The van der Waals surface area contributed by atoms with Gasteiger partial charge in [-0.3, -0.25) is 20.0 Å². The number of carbonyl (C=O) groups is 2. The number of H-pyrrole nitrogens is 3. The average molecular weight is 654 g/mol. The molecule has 0 spiro atoms. The summed E-state index contributed by atoms with van der Waals surface area (Å²) in [7, 11) is 0. The Morgan fingerprint density at radius 1 is 0.848 bits per heavy atom. The van der Waals surface area contributed by atoms with E-state index in [9.17, 15) is 24.6 Å². The molecule has 0 unspecified atom stereocenters. The van der Waals surface area contributed by atoms with E-state index in [1.165, 1.54) is 6.20 Å². The Morgan fingerprint density at radius 2 is 1.41 bits per heavy atom. The topological polar surface area (TPSA) is 272 Å². The second-order valence-corrected chi connectivity index (χ2v) is 8.49. The molecule has 2 aromatic carbocycles. The number of carboxylic acid groups (broad SMARTS) is 1. The smallest absolute Gasteiger partial charge is 0.870 e. The molecule has 0 amide bonds. The van der Waals surface area contributed by atoms with Crippen molar-refractivity contribution in [2.24, 2.45) is 0 Å². The van der Waals surface area contributed by atoms with Crippen molar-refractivity contribution in [3.63, 3.8) is 0 Å². The number of ether oxygens (including phenoxy) is 1. The van der Waals surface area contributed by atoms with Gasteiger partial charge >= 0.3 is 94.6 Å². The van der Waals surface area contributed by atoms with Gasteiger partial charge in [0, 0.05) is 39.8 Å². The van der Waals surface area contributed by atoms with Gasteiger partial charge in [-0.1, -0.05) is 0 Å². The SMILES string of the molecule is CCOC(=O)c1cnc(Nc2ccc3cn[nH]c3c2)[nH]c1=O.O=C([O-])c1cnc(Nc2ccc3cn[nH]c3c2)nc1[O-].[Na+].[Na+].[Na+].[OH-]. The molecular formula is C26H21N10Na3O7. The predicted molar refractivity (Wildman–Crippen MR) is 147 cm³/mol. The number of hydrogen-bond donors (Lipinski definition) is 5. The summed E-state index contributed by atoms with van der Waals surface area (Å²) >= 11 is 0. The van der Waals surface area contributed by atoms with Crippen LogP contribution in [0.25, 0.3) is 21.8 Å². The monoisotopic (exact) mass is 654 g/mol. The van der Waals surface area contributed by atoms with Gasteiger partial charge in [0.1, 0.15) is 5.56 Å². The van der Waals surface area contributed by atoms with Crippen molar-refractivity contribution >= 4 is 57.0 Å². The van der Waals surface area contributed by atoms with Gasteiger partial charge in [0.25, 0.3) is 5.56 Å². The third kappa shape index (κ3) is 10.1. The fourth-order valence-electron chi connectivity index (χ4n) is 3.67. The Labute approximate surface area is 325 Å². The minimum Gasteiger partial charge on any atom is -0.870 e. The molecule has 0 fully saturated rings. The van der Waals surface area contributed by atoms with Crippen LogP contribution in [-0.2, 0) is 4.74 Å². The third-order valence-electron chi connectivity index (χ3n) is 5.67. The number of carbonyl (C=O) groups excluding carboxylic acids is 2. The van der Waals surface area contributed by atoms with Crippen LogP contribution in [0, 0.1) is 0 Å². The first-order chi connectivity index (χ1) is 20.3. The largest absolute Gasteiger partial charge is 1.00 e. The Morgan fingerprint density at radius 3 is 1.93 bits per heavy atom. The zero-order valence-corrected chi connectivity index (χ0v) is 31.1. The normalized spacial score (nSPS) is 9.67. The molecule has 0 aliphatic rings. The minimum absolute atomic E-state index is 0. The van der Waals surface area contributed by atoms with Gasteiger partial charge in [-0.25, -0.2) is 19.7 Å². The number of nitrogens with zero attached hydrogens (tertiary/aromatic N) is 5. The Balaban J connectivity index is 0.000000425. The first-order valence-electron chi connectivity index (χ1n) is 12.2. The van der Waals surface area contributed by atoms with E-state index in [0.717, 1.165) is 33.7 Å². The molecule has 0 aliphatic carbocycles. The number of nitrogens with one attached hydrogen (secondary N) is 5. The zero-order chi connectivity index (χ0) is 29.6. The Bertz CT molecular complexity index is 1980. The summed E-state index contributed by atoms with van der Waals surface area (Å²) in [6.45, 7) is 1.86. The summed E-state index contributed by atoms with van der Waals surface area (Å²) in [5.74, 6) is -2.94. The number of aromatic nitrogens is 8. The van der Waals surface area contributed by atoms with Crippen LogP contribution in [0.5, 0.6) is 5.88 Å². The van der Waals surface area contributed by atoms with Gasteiger partial charge < -0.3 is 35.9 Å². The van der Waals surface area contributed by atoms with Crippen LogP contribution >= 0.6 is 0 Å². The average Bonchev–Trinajstić information content (AvgIpc) is 3.62. The van der Waals surface area contributed by atoms with Crippen LogP contribution in [0.1, 0.15) is 27.6 Å². The van der Waals surface area contributed by atoms with E-state index in [1.807, 2.05) is 24.3 Å². The number of esters is 1. The molecule has 0 saturated heterocycles. The molecule has 46 heavy (non-hydrogen) atoms. The standard InChI is InChI=1S/C14H13N5O3.C12H9N5O3.3Na.H2O/c1-2-22-13(21)10-7-15-14(18-12(10)20)17-9-4-3-8-6-16-19-11(8)5-9;18-10-8(11(19)20)5-13-12(16-10)15-7-2-1-6-4-14-17-9(6)3-7;;;;/h3-7H,2H2,1H3,(H,16,19)(H2,15,17,18,20);1-5H,(H,14,17)(H,19,20)(H2,13,15,16,18);;;;1H2/q;;3*+1;/p-3. The van der Waals surface area contributed by atoms with E-state index < -0.39 is 28.9 Å². The molecule has 0 radical (unpaired) electrons. The first kappa shape index (κ1) is 40.7. The van der Waals surface area contributed by atoms with Crippen LogP contribution in [0.2, 0.25) is 0 Å². The second kappa shape index (κ2) is 18.7. The fourth-order valence-corrected chi connectivity index (χ4v) is 3.67. The number of anilines is 4. The van der Waals surface area contributed by atoms with E-state index in [-0.39, 0.29) is 118 Å². The summed E-state index contributed by atoms with van der Waals surface area (Å²) in [6, 6.07) is 10.9. The summed E-state index contributed by atoms with van der Waals surface area (Å²) < 4.78 is 4.78. The Kier molecular flexibility index (Phi) is 16.5. The van der Waals surface area contributed by atoms with Gasteiger partial charge in [-0.2, -0.15) is 10.2 Å². The van der Waals surface area contributed by atoms with Gasteiger partial charge in [-0.15, -0.1) is 0 Å². The van der Waals surface area contributed by atoms with Gasteiger partial charge in [0.05, 0.1) is 42.2 Å². The molecule has 17 nitrogen and oxygen atoms in total. The number of rotatable bonds is 7. The predicted octanol–water partition coefficient (Wildman–Crippen LogP) is -8.06. The van der Waals surface area contributed by atoms with Crippen molar-refractivity contribution in [1.82, 2.24) is 40.3 Å². The van der Waals surface area contributed by atoms with Crippen LogP contribution in [0.15, 0.2) is 66.0 Å². The van der Waals surface area contributed by atoms with E-state index in [0.29, 0.717) is 5.69 Å². The van der Waals surface area contributed by atoms with Crippen LogP contribution in [-0.4, -0.2) is 64.4 Å². The summed E-state index contributed by atoms with van der Waals surface area (Å²) in [4.78, 5) is 47.8. The zero-order valence-electron chi connectivity index (χ0n) is 25.1. The molecule has 20 heteroatoms. The summed E-state index contributed by atoms with van der Waals surface area (Å²) in [5.41, 5.74) is 1.78. The molecule has 4 aromatic heterocycles. The van der Waals surface area contributed by atoms with Gasteiger partial charge in [-0.05, 0) is 43.3 Å². The molecule has 0 saturated carbocycles. The molecule has 0 atom stereocenters. The molecular weight excluding hydrogens is 633 g/mol. The molecule has 220 valence electrons. The fraction of sp³-hybridized carbons (Fsp3) is 0.0769. The van der Waals surface area contributed by atoms with E-state index in [1.54, 1.807) is 31.5 Å². The van der Waals surface area contributed by atoms with Crippen molar-refractivity contribution in [2.45, 2.75) is 6.92 Å². The van der Waals surface area contributed by atoms with Crippen LogP contribution < -0.4 is 115 Å². The maximum Gasteiger partial charge on any atom is 1.00 e. The summed E-state index contributed by atoms with van der Waals surface area (Å²) in [5, 5.41) is 43.2. The molecule has 6 aromatic rings. The first-order valence-corrected chi connectivity index (χ1v) is 12.2. The Hall–Kier alpha value is -3.36. The number of carboxylic acids is 1. The quantitative estimate of drug-likeness (QED) is 0.0790. The third-order valence-corrected chi connectivity index (χ3v) is 5.67. The summed E-state index contributed by atoms with van der Waals surface area (Å²) in [6.07, 6.45) is 5.50. The number of fused-ring (bicyclic) bond motifs is 2. The maximum atomic E-state index is 11.9. The van der Waals surface area contributed by atoms with Crippen molar-refractivity contribution in [3.05, 3.63) is 82.7 Å². The van der Waals surface area contributed by atoms with E-state index in [4.69, 9.17) is 4.74 Å². The van der Waals surface area contributed by atoms with Gasteiger partial charge in [0.15, 0.2) is 0 Å². The second-order valence-electron chi connectivity index (χ2n) is 8.49.